The van der Waals surface area contributed by atoms with Crippen LogP contribution >= 0.6 is 0 Å². The van der Waals surface area contributed by atoms with Crippen LogP contribution in [-0.2, 0) is 20.9 Å². The van der Waals surface area contributed by atoms with Crippen molar-refractivity contribution in [3.63, 3.8) is 0 Å². The van der Waals surface area contributed by atoms with Gasteiger partial charge in [0.2, 0.25) is 0 Å². The van der Waals surface area contributed by atoms with E-state index >= 15 is 0 Å². The first-order chi connectivity index (χ1) is 12.0. The molecule has 1 aliphatic carbocycles. The molecular formula is C19H26O6. The first-order valence-electron chi connectivity index (χ1n) is 8.59. The number of hydrogen-bond donors (Lipinski definition) is 1. The van der Waals surface area contributed by atoms with E-state index in [0.717, 1.165) is 12.8 Å². The van der Waals surface area contributed by atoms with E-state index in [2.05, 4.69) is 0 Å². The van der Waals surface area contributed by atoms with E-state index in [9.17, 15) is 14.7 Å². The Bertz CT molecular complexity index is 626. The molecule has 1 fully saturated rings. The highest BCUT2D eigenvalue weighted by molar-refractivity contribution is 5.85. The summed E-state index contributed by atoms with van der Waals surface area (Å²) >= 11 is 0. The van der Waals surface area contributed by atoms with Gasteiger partial charge in [0.15, 0.2) is 0 Å². The largest absolute Gasteiger partial charge is 0.497 e. The van der Waals surface area contributed by atoms with Crippen LogP contribution < -0.4 is 9.47 Å². The van der Waals surface area contributed by atoms with Gasteiger partial charge in [0.05, 0.1) is 25.6 Å². The van der Waals surface area contributed by atoms with Gasteiger partial charge in [-0.2, -0.15) is 0 Å². The number of hydrogen-bond acceptors (Lipinski definition) is 5. The third kappa shape index (κ3) is 3.89. The lowest BCUT2D eigenvalue weighted by Gasteiger charge is -2.39. The van der Waals surface area contributed by atoms with Crippen LogP contribution in [0.1, 0.15) is 44.6 Å². The van der Waals surface area contributed by atoms with E-state index in [1.54, 1.807) is 25.3 Å². The summed E-state index contributed by atoms with van der Waals surface area (Å²) in [5, 5.41) is 9.54. The summed E-state index contributed by atoms with van der Waals surface area (Å²) in [7, 11) is 3.10. The molecule has 0 radical (unpaired) electrons. The highest BCUT2D eigenvalue weighted by Gasteiger charge is 2.50. The zero-order valence-corrected chi connectivity index (χ0v) is 15.0. The predicted molar refractivity (Wildman–Crippen MR) is 91.7 cm³/mol. The van der Waals surface area contributed by atoms with Gasteiger partial charge in [-0.1, -0.05) is 19.8 Å². The number of aliphatic carboxylic acids is 1. The molecule has 0 aromatic heterocycles. The Hall–Kier alpha value is -2.24. The van der Waals surface area contributed by atoms with Gasteiger partial charge in [-0.3, -0.25) is 9.59 Å². The molecule has 0 saturated heterocycles. The third-order valence-corrected chi connectivity index (χ3v) is 5.22. The zero-order valence-electron chi connectivity index (χ0n) is 15.0. The van der Waals surface area contributed by atoms with Gasteiger partial charge in [0, 0.05) is 11.6 Å². The monoisotopic (exact) mass is 350 g/mol. The molecule has 1 aliphatic rings. The fourth-order valence-corrected chi connectivity index (χ4v) is 3.67. The maximum atomic E-state index is 12.8. The van der Waals surface area contributed by atoms with Crippen molar-refractivity contribution in [1.82, 2.24) is 0 Å². The number of carbonyl (C=O) groups excluding carboxylic acids is 1. The first kappa shape index (κ1) is 19.1. The highest BCUT2D eigenvalue weighted by atomic mass is 16.5. The molecule has 1 aromatic carbocycles. The Kier molecular flexibility index (Phi) is 6.28. The number of carbonyl (C=O) groups is 2. The van der Waals surface area contributed by atoms with Crippen molar-refractivity contribution in [3.05, 3.63) is 23.8 Å². The van der Waals surface area contributed by atoms with Crippen molar-refractivity contribution in [2.45, 2.75) is 45.6 Å². The zero-order chi connectivity index (χ0) is 18.4. The average Bonchev–Trinajstić information content (AvgIpc) is 2.65. The lowest BCUT2D eigenvalue weighted by molar-refractivity contribution is -0.172. The number of benzene rings is 1. The topological polar surface area (TPSA) is 82.1 Å². The normalized spacial score (nSPS) is 22.9. The van der Waals surface area contributed by atoms with Gasteiger partial charge in [0.25, 0.3) is 0 Å². The SMILES string of the molecule is CC[C@]1(C(=O)OCc2ccc(OC)cc2OC)CCCC[C@H]1C(=O)O. The molecule has 1 aromatic rings. The molecule has 25 heavy (non-hydrogen) atoms. The van der Waals surface area contributed by atoms with Crippen LogP contribution in [0.4, 0.5) is 0 Å². The summed E-state index contributed by atoms with van der Waals surface area (Å²) in [6.45, 7) is 1.90. The van der Waals surface area contributed by atoms with Crippen molar-refractivity contribution in [1.29, 1.82) is 0 Å². The molecule has 2 rings (SSSR count). The van der Waals surface area contributed by atoms with Gasteiger partial charge in [0.1, 0.15) is 18.1 Å². The third-order valence-electron chi connectivity index (χ3n) is 5.22. The van der Waals surface area contributed by atoms with Gasteiger partial charge in [-0.25, -0.2) is 0 Å². The van der Waals surface area contributed by atoms with Crippen molar-refractivity contribution in [2.24, 2.45) is 11.3 Å². The van der Waals surface area contributed by atoms with E-state index in [0.29, 0.717) is 36.3 Å². The molecule has 0 spiro atoms. The van der Waals surface area contributed by atoms with Crippen LogP contribution in [0.2, 0.25) is 0 Å². The minimum absolute atomic E-state index is 0.0418. The second kappa shape index (κ2) is 8.23. The van der Waals surface area contributed by atoms with Crippen molar-refractivity contribution < 1.29 is 28.9 Å². The van der Waals surface area contributed by atoms with E-state index in [1.807, 2.05) is 6.92 Å². The smallest absolute Gasteiger partial charge is 0.313 e. The standard InChI is InChI=1S/C19H26O6/c1-4-19(10-6-5-7-15(19)17(20)21)18(22)25-12-13-8-9-14(23-2)11-16(13)24-3/h8-9,11,15H,4-7,10,12H2,1-3H3,(H,20,21)/t15-,19-/m0/s1. The van der Waals surface area contributed by atoms with Crippen molar-refractivity contribution in [3.8, 4) is 11.5 Å². The summed E-state index contributed by atoms with van der Waals surface area (Å²) in [5.74, 6) is -0.816. The summed E-state index contributed by atoms with van der Waals surface area (Å²) < 4.78 is 16.0. The minimum Gasteiger partial charge on any atom is -0.497 e. The second-order valence-corrected chi connectivity index (χ2v) is 6.40. The summed E-state index contributed by atoms with van der Waals surface area (Å²) in [6.07, 6.45) is 3.21. The molecule has 0 unspecified atom stereocenters. The number of ether oxygens (including phenoxy) is 3. The molecule has 1 saturated carbocycles. The Morgan fingerprint density at radius 1 is 1.24 bits per heavy atom. The number of rotatable bonds is 7. The lowest BCUT2D eigenvalue weighted by Crippen LogP contribution is -2.45. The molecule has 138 valence electrons. The molecule has 2 atom stereocenters. The summed E-state index contributed by atoms with van der Waals surface area (Å²) in [6, 6.07) is 5.26. The molecule has 6 nitrogen and oxygen atoms in total. The molecule has 0 heterocycles. The van der Waals surface area contributed by atoms with E-state index in [4.69, 9.17) is 14.2 Å². The number of carboxylic acids is 1. The van der Waals surface area contributed by atoms with Crippen LogP contribution in [0.25, 0.3) is 0 Å². The van der Waals surface area contributed by atoms with Crippen molar-refractivity contribution in [2.75, 3.05) is 14.2 Å². The summed E-state index contributed by atoms with van der Waals surface area (Å²) in [4.78, 5) is 24.4. The Morgan fingerprint density at radius 3 is 2.60 bits per heavy atom. The van der Waals surface area contributed by atoms with Crippen LogP contribution in [-0.4, -0.2) is 31.3 Å². The fraction of sp³-hybridized carbons (Fsp3) is 0.579. The van der Waals surface area contributed by atoms with Crippen LogP contribution in [0.3, 0.4) is 0 Å². The van der Waals surface area contributed by atoms with Crippen molar-refractivity contribution >= 4 is 11.9 Å². The van der Waals surface area contributed by atoms with Crippen LogP contribution in [0.15, 0.2) is 18.2 Å². The number of methoxy groups -OCH3 is 2. The predicted octanol–water partition coefficient (Wildman–Crippen LogP) is 3.42. The molecular weight excluding hydrogens is 324 g/mol. The molecule has 0 amide bonds. The fourth-order valence-electron chi connectivity index (χ4n) is 3.67. The summed E-state index contributed by atoms with van der Waals surface area (Å²) in [5.41, 5.74) is -0.227. The number of esters is 1. The van der Waals surface area contributed by atoms with Gasteiger partial charge < -0.3 is 19.3 Å². The highest BCUT2D eigenvalue weighted by Crippen LogP contribution is 2.45. The minimum atomic E-state index is -0.941. The average molecular weight is 350 g/mol. The maximum absolute atomic E-state index is 12.8. The first-order valence-corrected chi connectivity index (χ1v) is 8.59. The quantitative estimate of drug-likeness (QED) is 0.759. The Balaban J connectivity index is 2.16. The Labute approximate surface area is 148 Å². The maximum Gasteiger partial charge on any atom is 0.313 e. The lowest BCUT2D eigenvalue weighted by atomic mass is 9.64. The van der Waals surface area contributed by atoms with E-state index in [1.165, 1.54) is 7.11 Å². The molecule has 6 heteroatoms. The number of carboxylic acid groups (broad SMARTS) is 1. The second-order valence-electron chi connectivity index (χ2n) is 6.40. The molecule has 1 N–H and O–H groups in total. The van der Waals surface area contributed by atoms with E-state index in [-0.39, 0.29) is 6.61 Å². The molecule has 0 aliphatic heterocycles. The Morgan fingerprint density at radius 2 is 2.00 bits per heavy atom. The van der Waals surface area contributed by atoms with Gasteiger partial charge >= 0.3 is 11.9 Å². The van der Waals surface area contributed by atoms with Crippen LogP contribution in [0, 0.1) is 11.3 Å². The van der Waals surface area contributed by atoms with E-state index < -0.39 is 23.3 Å². The van der Waals surface area contributed by atoms with Gasteiger partial charge in [-0.05, 0) is 31.4 Å². The van der Waals surface area contributed by atoms with Gasteiger partial charge in [-0.15, -0.1) is 0 Å². The molecule has 0 bridgehead atoms. The van der Waals surface area contributed by atoms with Crippen LogP contribution in [0.5, 0.6) is 11.5 Å².